The Kier molecular flexibility index (Phi) is 6.11. The van der Waals surface area contributed by atoms with E-state index in [0.717, 1.165) is 24.8 Å². The average molecular weight is 438 g/mol. The largest absolute Gasteiger partial charge is 0.465 e. The molecule has 1 aromatic carbocycles. The number of hydrogen-bond acceptors (Lipinski definition) is 7. The molecule has 0 aliphatic heterocycles. The van der Waals surface area contributed by atoms with Gasteiger partial charge >= 0.3 is 11.9 Å². The third-order valence-corrected chi connectivity index (χ3v) is 8.61. The normalized spacial score (nSPS) is 15.4. The molecule has 9 heteroatoms. The zero-order valence-corrected chi connectivity index (χ0v) is 18.1. The van der Waals surface area contributed by atoms with Crippen LogP contribution in [0.15, 0.2) is 34.5 Å². The fourth-order valence-electron chi connectivity index (χ4n) is 3.56. The van der Waals surface area contributed by atoms with E-state index in [1.165, 1.54) is 21.1 Å². The van der Waals surface area contributed by atoms with Crippen LogP contribution in [0.5, 0.6) is 0 Å². The number of carbonyl (C=O) groups excluding carboxylic acids is 2. The molecule has 1 aromatic heterocycles. The monoisotopic (exact) mass is 437 g/mol. The van der Waals surface area contributed by atoms with Gasteiger partial charge in [0.15, 0.2) is 4.21 Å². The van der Waals surface area contributed by atoms with Gasteiger partial charge in [0.2, 0.25) is 0 Å². The summed E-state index contributed by atoms with van der Waals surface area (Å²) in [5.74, 6) is -1.51. The molecular formula is C20H23NO6S2. The molecule has 0 bridgehead atoms. The third-order valence-electron chi connectivity index (χ3n) is 5.42. The first-order chi connectivity index (χ1) is 13.8. The Hall–Kier alpha value is -2.23. The summed E-state index contributed by atoms with van der Waals surface area (Å²) in [6.45, 7) is 1.72. The Bertz CT molecular complexity index is 1020. The Labute approximate surface area is 174 Å². The lowest BCUT2D eigenvalue weighted by Crippen LogP contribution is -2.45. The van der Waals surface area contributed by atoms with Crippen LogP contribution in [0.2, 0.25) is 0 Å². The topological polar surface area (TPSA) is 98.8 Å². The minimum Gasteiger partial charge on any atom is -0.465 e. The highest BCUT2D eigenvalue weighted by Crippen LogP contribution is 2.43. The van der Waals surface area contributed by atoms with Crippen molar-refractivity contribution < 1.29 is 27.5 Å². The minimum atomic E-state index is -4.05. The molecule has 0 saturated heterocycles. The maximum absolute atomic E-state index is 13.1. The maximum atomic E-state index is 13.1. The fraction of sp³-hybridized carbons (Fsp3) is 0.400. The van der Waals surface area contributed by atoms with Gasteiger partial charge in [-0.1, -0.05) is 36.8 Å². The average Bonchev–Trinajstić information content (AvgIpc) is 3.05. The predicted octanol–water partition coefficient (Wildman–Crippen LogP) is 3.03. The molecule has 0 atom stereocenters. The van der Waals surface area contributed by atoms with Gasteiger partial charge in [-0.05, 0) is 30.9 Å². The third kappa shape index (κ3) is 3.94. The van der Waals surface area contributed by atoms with Gasteiger partial charge in [0.1, 0.15) is 4.88 Å². The van der Waals surface area contributed by atoms with Gasteiger partial charge < -0.3 is 9.47 Å². The number of benzene rings is 1. The van der Waals surface area contributed by atoms with E-state index < -0.39 is 22.0 Å². The first-order valence-corrected chi connectivity index (χ1v) is 11.4. The molecule has 1 fully saturated rings. The van der Waals surface area contributed by atoms with Crippen molar-refractivity contribution in [1.29, 1.82) is 0 Å². The van der Waals surface area contributed by atoms with Gasteiger partial charge in [-0.2, -0.15) is 0 Å². The van der Waals surface area contributed by atoms with E-state index in [-0.39, 0.29) is 32.2 Å². The highest BCUT2D eigenvalue weighted by molar-refractivity contribution is 7.91. The second-order valence-corrected chi connectivity index (χ2v) is 10.0. The molecule has 0 radical (unpaired) electrons. The Balaban J connectivity index is 1.95. The molecule has 0 unspecified atom stereocenters. The summed E-state index contributed by atoms with van der Waals surface area (Å²) in [6, 6.07) is 9.79. The number of thiophene rings is 1. The van der Waals surface area contributed by atoms with Crippen LogP contribution in [0.3, 0.4) is 0 Å². The van der Waals surface area contributed by atoms with Crippen molar-refractivity contribution in [3.63, 3.8) is 0 Å². The summed E-state index contributed by atoms with van der Waals surface area (Å²) in [6.07, 6.45) is 2.77. The van der Waals surface area contributed by atoms with Crippen LogP contribution in [-0.2, 0) is 24.9 Å². The number of methoxy groups -OCH3 is 2. The Morgan fingerprint density at radius 2 is 1.72 bits per heavy atom. The second kappa shape index (κ2) is 8.25. The Morgan fingerprint density at radius 3 is 2.24 bits per heavy atom. The van der Waals surface area contributed by atoms with Gasteiger partial charge in [-0.25, -0.2) is 22.7 Å². The summed E-state index contributed by atoms with van der Waals surface area (Å²) in [5, 5.41) is 0. The number of sulfonamides is 1. The number of esters is 2. The van der Waals surface area contributed by atoms with Crippen LogP contribution in [0.25, 0.3) is 0 Å². The molecular weight excluding hydrogens is 414 g/mol. The standard InChI is InChI=1S/C20H23NO6S2/c1-13-15(17(22)26-2)19(28-16(13)18(23)27-3)29(24,25)21-12-20(10-7-11-20)14-8-5-4-6-9-14/h4-6,8-9,21H,7,10-12H2,1-3H3. The number of rotatable bonds is 7. The Morgan fingerprint density at radius 1 is 1.10 bits per heavy atom. The molecule has 7 nitrogen and oxygen atoms in total. The molecule has 1 aliphatic carbocycles. The van der Waals surface area contributed by atoms with Crippen molar-refractivity contribution in [2.24, 2.45) is 0 Å². The second-order valence-electron chi connectivity index (χ2n) is 7.03. The molecule has 29 heavy (non-hydrogen) atoms. The van der Waals surface area contributed by atoms with Crippen LogP contribution < -0.4 is 4.72 Å². The van der Waals surface area contributed by atoms with Crippen molar-refractivity contribution in [3.05, 3.63) is 51.9 Å². The minimum absolute atomic E-state index is 0.0645. The number of ether oxygens (including phenoxy) is 2. The van der Waals surface area contributed by atoms with Crippen molar-refractivity contribution in [2.45, 2.75) is 35.8 Å². The lowest BCUT2D eigenvalue weighted by molar-refractivity contribution is 0.0596. The van der Waals surface area contributed by atoms with Crippen LogP contribution in [-0.4, -0.2) is 41.1 Å². The zero-order valence-electron chi connectivity index (χ0n) is 16.5. The molecule has 1 saturated carbocycles. The van der Waals surface area contributed by atoms with Crippen molar-refractivity contribution >= 4 is 33.3 Å². The van der Waals surface area contributed by atoms with Crippen LogP contribution in [0, 0.1) is 6.92 Å². The van der Waals surface area contributed by atoms with Gasteiger partial charge in [0.25, 0.3) is 10.0 Å². The molecule has 156 valence electrons. The first kappa shape index (κ1) is 21.5. The molecule has 1 N–H and O–H groups in total. The first-order valence-electron chi connectivity index (χ1n) is 9.11. The van der Waals surface area contributed by atoms with Crippen molar-refractivity contribution in [2.75, 3.05) is 20.8 Å². The molecule has 2 aromatic rings. The number of carbonyl (C=O) groups is 2. The van der Waals surface area contributed by atoms with Gasteiger partial charge in [-0.3, -0.25) is 0 Å². The summed E-state index contributed by atoms with van der Waals surface area (Å²) < 4.78 is 38.1. The van der Waals surface area contributed by atoms with Crippen LogP contribution >= 0.6 is 11.3 Å². The van der Waals surface area contributed by atoms with E-state index in [1.54, 1.807) is 0 Å². The van der Waals surface area contributed by atoms with Crippen LogP contribution in [0.4, 0.5) is 0 Å². The lowest BCUT2D eigenvalue weighted by Gasteiger charge is -2.42. The number of hydrogen-bond donors (Lipinski definition) is 1. The summed E-state index contributed by atoms with van der Waals surface area (Å²) in [4.78, 5) is 24.3. The quantitative estimate of drug-likeness (QED) is 0.669. The zero-order chi connectivity index (χ0) is 21.2. The fourth-order valence-corrected chi connectivity index (χ4v) is 6.48. The summed E-state index contributed by atoms with van der Waals surface area (Å²) in [5.41, 5.74) is 0.917. The van der Waals surface area contributed by atoms with E-state index in [1.807, 2.05) is 30.3 Å². The number of nitrogens with one attached hydrogen (secondary N) is 1. The van der Waals surface area contributed by atoms with E-state index in [2.05, 4.69) is 4.72 Å². The van der Waals surface area contributed by atoms with Crippen LogP contribution in [0.1, 0.15) is 50.4 Å². The highest BCUT2D eigenvalue weighted by Gasteiger charge is 2.40. The molecule has 1 heterocycles. The lowest BCUT2D eigenvalue weighted by atomic mass is 9.64. The van der Waals surface area contributed by atoms with E-state index in [0.29, 0.717) is 11.3 Å². The highest BCUT2D eigenvalue weighted by atomic mass is 32.2. The molecule has 0 spiro atoms. The maximum Gasteiger partial charge on any atom is 0.348 e. The molecule has 3 rings (SSSR count). The van der Waals surface area contributed by atoms with Gasteiger partial charge in [0, 0.05) is 12.0 Å². The summed E-state index contributed by atoms with van der Waals surface area (Å²) in [7, 11) is -1.68. The predicted molar refractivity (Wildman–Crippen MR) is 109 cm³/mol. The van der Waals surface area contributed by atoms with Crippen molar-refractivity contribution in [3.8, 4) is 0 Å². The van der Waals surface area contributed by atoms with Gasteiger partial charge in [0.05, 0.1) is 19.8 Å². The van der Waals surface area contributed by atoms with E-state index >= 15 is 0 Å². The van der Waals surface area contributed by atoms with Gasteiger partial charge in [-0.15, -0.1) is 11.3 Å². The molecule has 0 amide bonds. The smallest absolute Gasteiger partial charge is 0.348 e. The molecule has 1 aliphatic rings. The SMILES string of the molecule is COC(=O)c1sc(S(=O)(=O)NCC2(c3ccccc3)CCC2)c(C(=O)OC)c1C. The van der Waals surface area contributed by atoms with E-state index in [4.69, 9.17) is 9.47 Å². The van der Waals surface area contributed by atoms with E-state index in [9.17, 15) is 18.0 Å². The summed E-state index contributed by atoms with van der Waals surface area (Å²) >= 11 is 0.716. The van der Waals surface area contributed by atoms with Crippen molar-refractivity contribution in [1.82, 2.24) is 4.72 Å².